The number of nitrogens with zero attached hydrogens (tertiary/aromatic N) is 4. The van der Waals surface area contributed by atoms with Crippen molar-refractivity contribution in [3.63, 3.8) is 0 Å². The zero-order valence-corrected chi connectivity index (χ0v) is 13.5. The lowest BCUT2D eigenvalue weighted by molar-refractivity contribution is 0.242. The van der Waals surface area contributed by atoms with Crippen molar-refractivity contribution in [2.75, 3.05) is 26.7 Å². The fraction of sp³-hybridized carbons (Fsp3) is 0.750. The normalized spacial score (nSPS) is 24.0. The third kappa shape index (κ3) is 4.00. The molecule has 1 unspecified atom stereocenters. The van der Waals surface area contributed by atoms with Crippen LogP contribution < -0.4 is 10.6 Å². The predicted molar refractivity (Wildman–Crippen MR) is 89.0 cm³/mol. The van der Waals surface area contributed by atoms with Gasteiger partial charge in [-0.3, -0.25) is 14.6 Å². The SMILES string of the molecule is CN=C(NCCn1cccn1)NC1CCN(C2CCCC2)C1. The molecule has 0 aromatic carbocycles. The Labute approximate surface area is 133 Å². The molecule has 122 valence electrons. The van der Waals surface area contributed by atoms with Crippen molar-refractivity contribution in [3.8, 4) is 0 Å². The van der Waals surface area contributed by atoms with Gasteiger partial charge in [0.05, 0.1) is 6.54 Å². The van der Waals surface area contributed by atoms with Crippen LogP contribution in [0.4, 0.5) is 0 Å². The molecule has 22 heavy (non-hydrogen) atoms. The summed E-state index contributed by atoms with van der Waals surface area (Å²) in [5.41, 5.74) is 0. The molecule has 1 aliphatic heterocycles. The van der Waals surface area contributed by atoms with Gasteiger partial charge >= 0.3 is 0 Å². The molecule has 2 fully saturated rings. The molecule has 3 rings (SSSR count). The first kappa shape index (κ1) is 15.3. The largest absolute Gasteiger partial charge is 0.355 e. The summed E-state index contributed by atoms with van der Waals surface area (Å²) in [6, 6.07) is 3.31. The van der Waals surface area contributed by atoms with Crippen LogP contribution in [0.2, 0.25) is 0 Å². The summed E-state index contributed by atoms with van der Waals surface area (Å²) in [7, 11) is 1.84. The molecule has 1 aliphatic carbocycles. The maximum atomic E-state index is 4.34. The van der Waals surface area contributed by atoms with Gasteiger partial charge in [0.15, 0.2) is 5.96 Å². The minimum Gasteiger partial charge on any atom is -0.355 e. The van der Waals surface area contributed by atoms with Crippen LogP contribution in [-0.2, 0) is 6.54 Å². The highest BCUT2D eigenvalue weighted by Crippen LogP contribution is 2.26. The summed E-state index contributed by atoms with van der Waals surface area (Å²) in [6.45, 7) is 4.07. The zero-order chi connectivity index (χ0) is 15.2. The second-order valence-corrected chi connectivity index (χ2v) is 6.33. The molecule has 1 atom stereocenters. The standard InChI is InChI=1S/C16H28N6/c1-17-16(18-9-12-22-10-4-8-19-22)20-14-7-11-21(13-14)15-5-2-3-6-15/h4,8,10,14-15H,2-3,5-7,9,11-13H2,1H3,(H2,17,18,20). The van der Waals surface area contributed by atoms with Crippen LogP contribution in [0.25, 0.3) is 0 Å². The van der Waals surface area contributed by atoms with Crippen molar-refractivity contribution in [1.29, 1.82) is 0 Å². The molecule has 2 N–H and O–H groups in total. The van der Waals surface area contributed by atoms with Crippen molar-refractivity contribution < 1.29 is 0 Å². The van der Waals surface area contributed by atoms with E-state index in [0.717, 1.165) is 31.6 Å². The van der Waals surface area contributed by atoms with Crippen LogP contribution >= 0.6 is 0 Å². The van der Waals surface area contributed by atoms with Gasteiger partial charge in [-0.05, 0) is 25.3 Å². The zero-order valence-electron chi connectivity index (χ0n) is 13.5. The van der Waals surface area contributed by atoms with Gasteiger partial charge in [-0.15, -0.1) is 0 Å². The number of hydrogen-bond acceptors (Lipinski definition) is 3. The van der Waals surface area contributed by atoms with Gasteiger partial charge in [0.2, 0.25) is 0 Å². The Hall–Kier alpha value is -1.56. The summed E-state index contributed by atoms with van der Waals surface area (Å²) >= 11 is 0. The first-order valence-corrected chi connectivity index (χ1v) is 8.54. The van der Waals surface area contributed by atoms with Gasteiger partial charge in [0.1, 0.15) is 0 Å². The van der Waals surface area contributed by atoms with E-state index < -0.39 is 0 Å². The van der Waals surface area contributed by atoms with Crippen LogP contribution in [0.15, 0.2) is 23.5 Å². The number of aliphatic imine (C=N–C) groups is 1. The van der Waals surface area contributed by atoms with E-state index in [0.29, 0.717) is 6.04 Å². The number of rotatable bonds is 5. The van der Waals surface area contributed by atoms with E-state index in [9.17, 15) is 0 Å². The van der Waals surface area contributed by atoms with E-state index in [1.807, 2.05) is 30.2 Å². The smallest absolute Gasteiger partial charge is 0.191 e. The van der Waals surface area contributed by atoms with E-state index in [1.165, 1.54) is 38.6 Å². The van der Waals surface area contributed by atoms with Crippen LogP contribution in [0.5, 0.6) is 0 Å². The van der Waals surface area contributed by atoms with E-state index >= 15 is 0 Å². The van der Waals surface area contributed by atoms with Crippen LogP contribution in [0.1, 0.15) is 32.1 Å². The highest BCUT2D eigenvalue weighted by Gasteiger charge is 2.30. The highest BCUT2D eigenvalue weighted by atomic mass is 15.3. The van der Waals surface area contributed by atoms with E-state index in [-0.39, 0.29) is 0 Å². The maximum Gasteiger partial charge on any atom is 0.191 e. The average molecular weight is 304 g/mol. The summed E-state index contributed by atoms with van der Waals surface area (Å²) in [5.74, 6) is 0.908. The van der Waals surface area contributed by atoms with Crippen molar-refractivity contribution in [1.82, 2.24) is 25.3 Å². The molecular weight excluding hydrogens is 276 g/mol. The second kappa shape index (κ2) is 7.63. The van der Waals surface area contributed by atoms with Gasteiger partial charge in [-0.2, -0.15) is 5.10 Å². The lowest BCUT2D eigenvalue weighted by atomic mass is 10.2. The fourth-order valence-corrected chi connectivity index (χ4v) is 3.62. The first-order chi connectivity index (χ1) is 10.8. The molecule has 6 nitrogen and oxygen atoms in total. The summed E-state index contributed by atoms with van der Waals surface area (Å²) in [5, 5.41) is 11.2. The Kier molecular flexibility index (Phi) is 5.32. The third-order valence-electron chi connectivity index (χ3n) is 4.82. The molecule has 0 spiro atoms. The molecule has 1 aromatic heterocycles. The molecule has 0 amide bonds. The number of aromatic nitrogens is 2. The third-order valence-corrected chi connectivity index (χ3v) is 4.82. The lowest BCUT2D eigenvalue weighted by Crippen LogP contribution is -2.46. The predicted octanol–water partition coefficient (Wildman–Crippen LogP) is 1.06. The number of hydrogen-bond donors (Lipinski definition) is 2. The Balaban J connectivity index is 1.39. The van der Waals surface area contributed by atoms with Gasteiger partial charge in [-0.1, -0.05) is 12.8 Å². The number of nitrogens with one attached hydrogen (secondary N) is 2. The quantitative estimate of drug-likeness (QED) is 0.631. The van der Waals surface area contributed by atoms with Gasteiger partial charge in [0, 0.05) is 51.2 Å². The number of likely N-dealkylation sites (tertiary alicyclic amines) is 1. The molecule has 2 heterocycles. The molecule has 1 aromatic rings. The van der Waals surface area contributed by atoms with Crippen molar-refractivity contribution in [2.24, 2.45) is 4.99 Å². The van der Waals surface area contributed by atoms with Gasteiger partial charge < -0.3 is 10.6 Å². The average Bonchev–Trinajstić information content (AvgIpc) is 3.27. The second-order valence-electron chi connectivity index (χ2n) is 6.33. The van der Waals surface area contributed by atoms with E-state index in [2.05, 4.69) is 25.6 Å². The number of guanidine groups is 1. The highest BCUT2D eigenvalue weighted by molar-refractivity contribution is 5.79. The molecule has 1 saturated carbocycles. The fourth-order valence-electron chi connectivity index (χ4n) is 3.62. The van der Waals surface area contributed by atoms with Crippen LogP contribution in [0, 0.1) is 0 Å². The van der Waals surface area contributed by atoms with Crippen LogP contribution in [-0.4, -0.2) is 59.4 Å². The molecule has 6 heteroatoms. The minimum absolute atomic E-state index is 0.525. The summed E-state index contributed by atoms with van der Waals surface area (Å²) < 4.78 is 1.93. The Morgan fingerprint density at radius 3 is 2.91 bits per heavy atom. The summed E-state index contributed by atoms with van der Waals surface area (Å²) in [6.07, 6.45) is 10.6. The van der Waals surface area contributed by atoms with Crippen molar-refractivity contribution >= 4 is 5.96 Å². The monoisotopic (exact) mass is 304 g/mol. The Morgan fingerprint density at radius 2 is 2.18 bits per heavy atom. The topological polar surface area (TPSA) is 57.5 Å². The Bertz CT molecular complexity index is 463. The van der Waals surface area contributed by atoms with Crippen molar-refractivity contribution in [2.45, 2.75) is 50.7 Å². The minimum atomic E-state index is 0.525. The Morgan fingerprint density at radius 1 is 1.32 bits per heavy atom. The van der Waals surface area contributed by atoms with Crippen molar-refractivity contribution in [3.05, 3.63) is 18.5 Å². The van der Waals surface area contributed by atoms with E-state index in [4.69, 9.17) is 0 Å². The lowest BCUT2D eigenvalue weighted by Gasteiger charge is -2.24. The first-order valence-electron chi connectivity index (χ1n) is 8.54. The van der Waals surface area contributed by atoms with E-state index in [1.54, 1.807) is 0 Å². The molecule has 1 saturated heterocycles. The molecule has 2 aliphatic rings. The molecule has 0 bridgehead atoms. The van der Waals surface area contributed by atoms with Gasteiger partial charge in [0.25, 0.3) is 0 Å². The maximum absolute atomic E-state index is 4.34. The molecular formula is C16H28N6. The van der Waals surface area contributed by atoms with Gasteiger partial charge in [-0.25, -0.2) is 0 Å². The summed E-state index contributed by atoms with van der Waals surface area (Å²) in [4.78, 5) is 7.01. The molecule has 0 radical (unpaired) electrons. The van der Waals surface area contributed by atoms with Crippen LogP contribution in [0.3, 0.4) is 0 Å².